The Hall–Kier alpha value is -0.840. The Morgan fingerprint density at radius 2 is 2.10 bits per heavy atom. The molecule has 1 saturated heterocycles. The maximum absolute atomic E-state index is 5.92. The summed E-state index contributed by atoms with van der Waals surface area (Å²) in [6, 6.07) is 5.17. The van der Waals surface area contributed by atoms with Crippen LogP contribution < -0.4 is 5.32 Å². The average Bonchev–Trinajstić information content (AvgIpc) is 2.84. The molecule has 1 aliphatic rings. The summed E-state index contributed by atoms with van der Waals surface area (Å²) >= 11 is 0. The smallest absolute Gasteiger partial charge is 0.118 e. The Kier molecular flexibility index (Phi) is 5.64. The molecule has 1 aromatic rings. The van der Waals surface area contributed by atoms with Gasteiger partial charge in [-0.25, -0.2) is 0 Å². The Morgan fingerprint density at radius 1 is 1.35 bits per heavy atom. The minimum absolute atomic E-state index is 0.315. The van der Waals surface area contributed by atoms with Crippen molar-refractivity contribution in [3.63, 3.8) is 0 Å². The Bertz CT molecular complexity index is 403. The van der Waals surface area contributed by atoms with Gasteiger partial charge in [0.05, 0.1) is 25.8 Å². The normalized spacial score (nSPS) is 24.4. The molecular formula is C16H28N2O2. The van der Waals surface area contributed by atoms with Crippen molar-refractivity contribution in [2.45, 2.75) is 65.4 Å². The molecule has 2 heterocycles. The monoisotopic (exact) mass is 280 g/mol. The Morgan fingerprint density at radius 3 is 2.80 bits per heavy atom. The van der Waals surface area contributed by atoms with Crippen molar-refractivity contribution in [3.05, 3.63) is 23.7 Å². The van der Waals surface area contributed by atoms with Gasteiger partial charge >= 0.3 is 0 Å². The fourth-order valence-corrected chi connectivity index (χ4v) is 2.59. The van der Waals surface area contributed by atoms with Crippen LogP contribution in [0.2, 0.25) is 0 Å². The summed E-state index contributed by atoms with van der Waals surface area (Å²) in [5, 5.41) is 3.38. The highest BCUT2D eigenvalue weighted by Gasteiger charge is 2.26. The van der Waals surface area contributed by atoms with Crippen LogP contribution in [-0.4, -0.2) is 36.2 Å². The van der Waals surface area contributed by atoms with E-state index in [1.165, 1.54) is 0 Å². The van der Waals surface area contributed by atoms with Crippen LogP contribution in [0, 0.1) is 0 Å². The molecule has 1 aromatic heterocycles. The third kappa shape index (κ3) is 4.33. The first-order valence-corrected chi connectivity index (χ1v) is 7.75. The van der Waals surface area contributed by atoms with Crippen LogP contribution >= 0.6 is 0 Å². The second kappa shape index (κ2) is 7.25. The van der Waals surface area contributed by atoms with Gasteiger partial charge in [0.15, 0.2) is 0 Å². The van der Waals surface area contributed by atoms with Crippen molar-refractivity contribution in [2.75, 3.05) is 13.2 Å². The van der Waals surface area contributed by atoms with Gasteiger partial charge in [0.1, 0.15) is 11.5 Å². The Balaban J connectivity index is 1.91. The van der Waals surface area contributed by atoms with Gasteiger partial charge in [-0.05, 0) is 25.5 Å². The highest BCUT2D eigenvalue weighted by Crippen LogP contribution is 2.19. The van der Waals surface area contributed by atoms with E-state index < -0.39 is 0 Å². The van der Waals surface area contributed by atoms with Crippen LogP contribution in [0.4, 0.5) is 0 Å². The fourth-order valence-electron chi connectivity index (χ4n) is 2.59. The van der Waals surface area contributed by atoms with Gasteiger partial charge in [-0.15, -0.1) is 0 Å². The van der Waals surface area contributed by atoms with Crippen LogP contribution in [0.15, 0.2) is 16.5 Å². The number of nitrogens with zero attached hydrogens (tertiary/aromatic N) is 1. The first-order valence-electron chi connectivity index (χ1n) is 7.75. The molecular weight excluding hydrogens is 252 g/mol. The van der Waals surface area contributed by atoms with Crippen LogP contribution in [0.3, 0.4) is 0 Å². The Labute approximate surface area is 122 Å². The van der Waals surface area contributed by atoms with E-state index in [1.807, 2.05) is 0 Å². The van der Waals surface area contributed by atoms with Gasteiger partial charge < -0.3 is 14.5 Å². The van der Waals surface area contributed by atoms with E-state index in [0.717, 1.165) is 44.2 Å². The molecule has 2 atom stereocenters. The van der Waals surface area contributed by atoms with E-state index in [1.54, 1.807) is 0 Å². The summed E-state index contributed by atoms with van der Waals surface area (Å²) in [6.45, 7) is 12.1. The maximum Gasteiger partial charge on any atom is 0.118 e. The molecule has 2 rings (SSSR count). The second-order valence-corrected chi connectivity index (χ2v) is 6.04. The third-order valence-corrected chi connectivity index (χ3v) is 3.81. The number of morpholine rings is 1. The molecule has 20 heavy (non-hydrogen) atoms. The minimum atomic E-state index is 0.315. The molecule has 1 fully saturated rings. The number of hydrogen-bond acceptors (Lipinski definition) is 4. The quantitative estimate of drug-likeness (QED) is 0.869. The summed E-state index contributed by atoms with van der Waals surface area (Å²) in [4.78, 5) is 2.48. The first kappa shape index (κ1) is 15.5. The molecule has 4 heteroatoms. The summed E-state index contributed by atoms with van der Waals surface area (Å²) in [5.41, 5.74) is 0. The van der Waals surface area contributed by atoms with Crippen LogP contribution in [0.1, 0.15) is 45.6 Å². The highest BCUT2D eigenvalue weighted by atomic mass is 16.5. The second-order valence-electron chi connectivity index (χ2n) is 6.04. The van der Waals surface area contributed by atoms with E-state index in [2.05, 4.69) is 50.0 Å². The molecule has 0 saturated carbocycles. The largest absolute Gasteiger partial charge is 0.463 e. The summed E-state index contributed by atoms with van der Waals surface area (Å²) in [6.07, 6.45) is 1.43. The van der Waals surface area contributed by atoms with Gasteiger partial charge in [-0.2, -0.15) is 0 Å². The maximum atomic E-state index is 5.92. The van der Waals surface area contributed by atoms with Gasteiger partial charge in [-0.3, -0.25) is 4.90 Å². The summed E-state index contributed by atoms with van der Waals surface area (Å²) in [5.74, 6) is 2.07. The molecule has 1 aliphatic heterocycles. The minimum Gasteiger partial charge on any atom is -0.463 e. The number of nitrogens with one attached hydrogen (secondary N) is 1. The van der Waals surface area contributed by atoms with Gasteiger partial charge in [0.2, 0.25) is 0 Å². The molecule has 0 radical (unpaired) electrons. The lowest BCUT2D eigenvalue weighted by atomic mass is 10.1. The van der Waals surface area contributed by atoms with E-state index in [0.29, 0.717) is 18.2 Å². The molecule has 4 nitrogen and oxygen atoms in total. The zero-order chi connectivity index (χ0) is 14.5. The number of hydrogen-bond donors (Lipinski definition) is 1. The zero-order valence-electron chi connectivity index (χ0n) is 13.2. The van der Waals surface area contributed by atoms with Crippen molar-refractivity contribution < 1.29 is 9.15 Å². The molecule has 1 N–H and O–H groups in total. The molecule has 0 bridgehead atoms. The lowest BCUT2D eigenvalue weighted by Crippen LogP contribution is -2.47. The highest BCUT2D eigenvalue weighted by molar-refractivity contribution is 5.07. The van der Waals surface area contributed by atoms with Crippen molar-refractivity contribution in [1.82, 2.24) is 10.2 Å². The standard InChI is InChI=1S/C16H28N2O2/c1-5-14-11-19-13(4)9-18(14)10-16-7-6-15(20-16)8-17-12(2)3/h6-7,12-14,17H,5,8-11H2,1-4H3. The van der Waals surface area contributed by atoms with Crippen molar-refractivity contribution in [1.29, 1.82) is 0 Å². The van der Waals surface area contributed by atoms with Crippen LogP contribution in [0.5, 0.6) is 0 Å². The van der Waals surface area contributed by atoms with Crippen molar-refractivity contribution >= 4 is 0 Å². The number of ether oxygens (including phenoxy) is 1. The molecule has 0 aliphatic carbocycles. The lowest BCUT2D eigenvalue weighted by molar-refractivity contribution is -0.0611. The fraction of sp³-hybridized carbons (Fsp3) is 0.750. The van der Waals surface area contributed by atoms with Gasteiger partial charge in [0, 0.05) is 18.6 Å². The van der Waals surface area contributed by atoms with E-state index in [-0.39, 0.29) is 0 Å². The predicted molar refractivity (Wildman–Crippen MR) is 80.6 cm³/mol. The molecule has 0 spiro atoms. The summed E-state index contributed by atoms with van der Waals surface area (Å²) < 4.78 is 11.7. The molecule has 2 unspecified atom stereocenters. The number of furan rings is 1. The topological polar surface area (TPSA) is 37.6 Å². The van der Waals surface area contributed by atoms with E-state index >= 15 is 0 Å². The van der Waals surface area contributed by atoms with Crippen molar-refractivity contribution in [3.8, 4) is 0 Å². The van der Waals surface area contributed by atoms with Gasteiger partial charge in [-0.1, -0.05) is 20.8 Å². The van der Waals surface area contributed by atoms with Crippen LogP contribution in [-0.2, 0) is 17.8 Å². The van der Waals surface area contributed by atoms with Crippen LogP contribution in [0.25, 0.3) is 0 Å². The average molecular weight is 280 g/mol. The number of rotatable bonds is 6. The molecule has 0 amide bonds. The SMILES string of the molecule is CCC1COC(C)CN1Cc1ccc(CNC(C)C)o1. The molecule has 0 aromatic carbocycles. The zero-order valence-corrected chi connectivity index (χ0v) is 13.2. The van der Waals surface area contributed by atoms with Gasteiger partial charge in [0.25, 0.3) is 0 Å². The van der Waals surface area contributed by atoms with E-state index in [9.17, 15) is 0 Å². The van der Waals surface area contributed by atoms with E-state index in [4.69, 9.17) is 9.15 Å². The first-order chi connectivity index (χ1) is 9.58. The third-order valence-electron chi connectivity index (χ3n) is 3.81. The summed E-state index contributed by atoms with van der Waals surface area (Å²) in [7, 11) is 0. The predicted octanol–water partition coefficient (Wildman–Crippen LogP) is 2.78. The molecule has 114 valence electrons. The van der Waals surface area contributed by atoms with Crippen molar-refractivity contribution in [2.24, 2.45) is 0 Å². The lowest BCUT2D eigenvalue weighted by Gasteiger charge is -2.37.